The summed E-state index contributed by atoms with van der Waals surface area (Å²) in [6.45, 7) is 0. The number of alkyl halides is 3. The highest BCUT2D eigenvalue weighted by Crippen LogP contribution is 2.31. The van der Waals surface area contributed by atoms with Crippen molar-refractivity contribution in [1.82, 2.24) is 9.97 Å². The van der Waals surface area contributed by atoms with Gasteiger partial charge in [-0.3, -0.25) is 0 Å². The van der Waals surface area contributed by atoms with Crippen LogP contribution in [0.1, 0.15) is 5.56 Å². The van der Waals surface area contributed by atoms with Crippen LogP contribution in [0.4, 0.5) is 30.5 Å². The maximum atomic E-state index is 12.6. The van der Waals surface area contributed by atoms with Crippen molar-refractivity contribution in [2.45, 2.75) is 6.18 Å². The van der Waals surface area contributed by atoms with Gasteiger partial charge in [-0.25, -0.2) is 9.97 Å². The predicted octanol–water partition coefficient (Wildman–Crippen LogP) is 5.30. The lowest BCUT2D eigenvalue weighted by Gasteiger charge is -2.09. The van der Waals surface area contributed by atoms with Gasteiger partial charge >= 0.3 is 6.18 Å². The second-order valence-electron chi connectivity index (χ2n) is 5.07. The molecule has 25 heavy (non-hydrogen) atoms. The Morgan fingerprint density at radius 2 is 1.68 bits per heavy atom. The number of nitrogens with zero attached hydrogens (tertiary/aromatic N) is 3. The molecule has 1 aromatic heterocycles. The largest absolute Gasteiger partial charge is 0.416 e. The number of nitrogens with one attached hydrogen (secondary N) is 1. The molecule has 0 aliphatic heterocycles. The van der Waals surface area contributed by atoms with Gasteiger partial charge in [0.1, 0.15) is 5.69 Å². The van der Waals surface area contributed by atoms with Gasteiger partial charge in [-0.15, -0.1) is 4.91 Å². The van der Waals surface area contributed by atoms with Crippen LogP contribution in [0, 0.1) is 4.91 Å². The van der Waals surface area contributed by atoms with Gasteiger partial charge in [-0.2, -0.15) is 13.2 Å². The molecule has 0 spiro atoms. The van der Waals surface area contributed by atoms with E-state index in [9.17, 15) is 18.1 Å². The average molecular weight is 344 g/mol. The molecule has 5 nitrogen and oxygen atoms in total. The molecule has 2 aromatic carbocycles. The van der Waals surface area contributed by atoms with Crippen molar-refractivity contribution in [3.8, 4) is 11.3 Å². The molecular weight excluding hydrogens is 333 g/mol. The Hall–Kier alpha value is -3.29. The fourth-order valence-corrected chi connectivity index (χ4v) is 2.21. The number of hydrogen-bond acceptors (Lipinski definition) is 5. The molecule has 0 saturated heterocycles. The second-order valence-corrected chi connectivity index (χ2v) is 5.07. The van der Waals surface area contributed by atoms with E-state index in [2.05, 4.69) is 20.5 Å². The van der Waals surface area contributed by atoms with Crippen LogP contribution in [0.15, 0.2) is 66.0 Å². The van der Waals surface area contributed by atoms with Crippen molar-refractivity contribution < 1.29 is 13.2 Å². The van der Waals surface area contributed by atoms with Crippen molar-refractivity contribution in [1.29, 1.82) is 0 Å². The summed E-state index contributed by atoms with van der Waals surface area (Å²) in [6.07, 6.45) is -2.91. The first kappa shape index (κ1) is 16.6. The number of hydrogen-bond donors (Lipinski definition) is 1. The van der Waals surface area contributed by atoms with Gasteiger partial charge in [0, 0.05) is 17.4 Å². The average Bonchev–Trinajstić information content (AvgIpc) is 2.61. The summed E-state index contributed by atoms with van der Waals surface area (Å²) < 4.78 is 37.7. The molecule has 0 unspecified atom stereocenters. The standard InChI is InChI=1S/C17H11F3N4O/c18-17(19,20)11-5-7-12(8-6-11)22-16-21-10-9-14(23-16)13-3-1-2-4-15(13)24-25/h1-10H,(H,21,22,23). The molecule has 0 aliphatic carbocycles. The monoisotopic (exact) mass is 344 g/mol. The summed E-state index contributed by atoms with van der Waals surface area (Å²) in [5.41, 5.74) is 0.919. The molecule has 0 atom stereocenters. The molecule has 0 fully saturated rings. The maximum Gasteiger partial charge on any atom is 0.416 e. The van der Waals surface area contributed by atoms with E-state index in [-0.39, 0.29) is 11.6 Å². The van der Waals surface area contributed by atoms with Crippen LogP contribution in [0.25, 0.3) is 11.3 Å². The summed E-state index contributed by atoms with van der Waals surface area (Å²) >= 11 is 0. The van der Waals surface area contributed by atoms with Crippen molar-refractivity contribution in [3.63, 3.8) is 0 Å². The predicted molar refractivity (Wildman–Crippen MR) is 87.6 cm³/mol. The van der Waals surface area contributed by atoms with E-state index in [1.807, 2.05) is 0 Å². The Morgan fingerprint density at radius 3 is 2.36 bits per heavy atom. The highest BCUT2D eigenvalue weighted by atomic mass is 19.4. The van der Waals surface area contributed by atoms with Gasteiger partial charge in [-0.1, -0.05) is 18.2 Å². The third-order valence-electron chi connectivity index (χ3n) is 3.40. The van der Waals surface area contributed by atoms with Gasteiger partial charge < -0.3 is 5.32 Å². The zero-order valence-electron chi connectivity index (χ0n) is 12.7. The lowest BCUT2D eigenvalue weighted by atomic mass is 10.1. The number of rotatable bonds is 4. The van der Waals surface area contributed by atoms with E-state index >= 15 is 0 Å². The molecule has 0 amide bonds. The molecule has 3 rings (SSSR count). The second kappa shape index (κ2) is 6.68. The minimum Gasteiger partial charge on any atom is -0.324 e. The number of halogens is 3. The van der Waals surface area contributed by atoms with Crippen LogP contribution in [0.5, 0.6) is 0 Å². The molecule has 0 radical (unpaired) electrons. The minimum absolute atomic E-state index is 0.193. The molecule has 1 N–H and O–H groups in total. The van der Waals surface area contributed by atoms with Gasteiger partial charge in [0.05, 0.1) is 11.3 Å². The summed E-state index contributed by atoms with van der Waals surface area (Å²) in [7, 11) is 0. The SMILES string of the molecule is O=Nc1ccccc1-c1ccnc(Nc2ccc(C(F)(F)F)cc2)n1. The Kier molecular flexibility index (Phi) is 4.42. The van der Waals surface area contributed by atoms with Crippen molar-refractivity contribution in [3.05, 3.63) is 71.3 Å². The summed E-state index contributed by atoms with van der Waals surface area (Å²) in [5.74, 6) is 0.193. The fourth-order valence-electron chi connectivity index (χ4n) is 2.21. The minimum atomic E-state index is -4.39. The molecular formula is C17H11F3N4O. The van der Waals surface area contributed by atoms with E-state index in [1.54, 1.807) is 30.3 Å². The Bertz CT molecular complexity index is 895. The molecule has 126 valence electrons. The Morgan fingerprint density at radius 1 is 0.960 bits per heavy atom. The molecule has 1 heterocycles. The summed E-state index contributed by atoms with van der Waals surface area (Å²) in [6, 6.07) is 12.8. The molecule has 0 bridgehead atoms. The third kappa shape index (κ3) is 3.79. The van der Waals surface area contributed by atoms with E-state index < -0.39 is 11.7 Å². The van der Waals surface area contributed by atoms with E-state index in [0.717, 1.165) is 12.1 Å². The number of aromatic nitrogens is 2. The van der Waals surface area contributed by atoms with Gasteiger partial charge in [-0.05, 0) is 41.6 Å². The topological polar surface area (TPSA) is 67.2 Å². The lowest BCUT2D eigenvalue weighted by molar-refractivity contribution is -0.137. The molecule has 0 aliphatic rings. The van der Waals surface area contributed by atoms with Gasteiger partial charge in [0.25, 0.3) is 0 Å². The lowest BCUT2D eigenvalue weighted by Crippen LogP contribution is -2.04. The number of anilines is 2. The highest BCUT2D eigenvalue weighted by Gasteiger charge is 2.29. The molecule has 3 aromatic rings. The smallest absolute Gasteiger partial charge is 0.324 e. The number of benzene rings is 2. The highest BCUT2D eigenvalue weighted by molar-refractivity contribution is 5.73. The molecule has 0 saturated carbocycles. The van der Waals surface area contributed by atoms with Gasteiger partial charge in [0.15, 0.2) is 0 Å². The van der Waals surface area contributed by atoms with Crippen molar-refractivity contribution >= 4 is 17.3 Å². The fraction of sp³-hybridized carbons (Fsp3) is 0.0588. The number of nitroso groups, excluding NO2 is 1. The summed E-state index contributed by atoms with van der Waals surface area (Å²) in [5, 5.41) is 5.79. The van der Waals surface area contributed by atoms with Crippen molar-refractivity contribution in [2.75, 3.05) is 5.32 Å². The van der Waals surface area contributed by atoms with Crippen LogP contribution >= 0.6 is 0 Å². The summed E-state index contributed by atoms with van der Waals surface area (Å²) in [4.78, 5) is 19.2. The Labute approximate surface area is 140 Å². The molecule has 8 heteroatoms. The maximum absolute atomic E-state index is 12.6. The van der Waals surface area contributed by atoms with Crippen LogP contribution in [0.2, 0.25) is 0 Å². The normalized spacial score (nSPS) is 11.2. The quantitative estimate of drug-likeness (QED) is 0.652. The first-order valence-corrected chi connectivity index (χ1v) is 7.17. The Balaban J connectivity index is 1.86. The first-order valence-electron chi connectivity index (χ1n) is 7.17. The van der Waals surface area contributed by atoms with Crippen molar-refractivity contribution in [2.24, 2.45) is 5.18 Å². The third-order valence-corrected chi connectivity index (χ3v) is 3.40. The zero-order chi connectivity index (χ0) is 17.9. The van der Waals surface area contributed by atoms with E-state index in [4.69, 9.17) is 0 Å². The van der Waals surface area contributed by atoms with Crippen LogP contribution < -0.4 is 5.32 Å². The van der Waals surface area contributed by atoms with Crippen LogP contribution in [-0.2, 0) is 6.18 Å². The van der Waals surface area contributed by atoms with Crippen LogP contribution in [-0.4, -0.2) is 9.97 Å². The zero-order valence-corrected chi connectivity index (χ0v) is 12.7. The van der Waals surface area contributed by atoms with Gasteiger partial charge in [0.2, 0.25) is 5.95 Å². The van der Waals surface area contributed by atoms with Crippen LogP contribution in [0.3, 0.4) is 0 Å². The first-order chi connectivity index (χ1) is 12.0. The van der Waals surface area contributed by atoms with E-state index in [1.165, 1.54) is 18.3 Å². The van der Waals surface area contributed by atoms with E-state index in [0.29, 0.717) is 16.9 Å².